The lowest BCUT2D eigenvalue weighted by Crippen LogP contribution is -2.19. The number of nitrogens with zero attached hydrogens (tertiary/aromatic N) is 2. The largest absolute Gasteiger partial charge is 0.366 e. The highest BCUT2D eigenvalue weighted by Crippen LogP contribution is 2.31. The third kappa shape index (κ3) is 2.37. The van der Waals surface area contributed by atoms with Crippen LogP contribution in [0.15, 0.2) is 6.07 Å². The summed E-state index contributed by atoms with van der Waals surface area (Å²) in [6, 6.07) is 2.63. The molecule has 1 atom stereocenters. The van der Waals surface area contributed by atoms with Gasteiger partial charge in [0.25, 0.3) is 0 Å². The monoisotopic (exact) mass is 285 g/mol. The molecule has 1 fully saturated rings. The molecule has 1 aliphatic heterocycles. The maximum Gasteiger partial charge on any atom is 0.225 e. The topological polar surface area (TPSA) is 37.8 Å². The molecule has 3 nitrogen and oxygen atoms in total. The van der Waals surface area contributed by atoms with Crippen LogP contribution in [-0.4, -0.2) is 27.5 Å². The summed E-state index contributed by atoms with van der Waals surface area (Å²) in [5.74, 6) is 3.26. The van der Waals surface area contributed by atoms with E-state index in [9.17, 15) is 0 Å². The molecule has 1 aliphatic rings. The van der Waals surface area contributed by atoms with Crippen LogP contribution >= 0.6 is 34.7 Å². The lowest BCUT2D eigenvalue weighted by Gasteiger charge is -2.12. The number of thiophene rings is 1. The normalized spacial score (nSPS) is 20.0. The molecule has 17 heavy (non-hydrogen) atoms. The molecule has 90 valence electrons. The summed E-state index contributed by atoms with van der Waals surface area (Å²) in [7, 11) is 0. The highest BCUT2D eigenvalue weighted by molar-refractivity contribution is 7.99. The van der Waals surface area contributed by atoms with Crippen LogP contribution in [0.5, 0.6) is 0 Å². The quantitative estimate of drug-likeness (QED) is 0.856. The van der Waals surface area contributed by atoms with E-state index in [4.69, 9.17) is 11.6 Å². The summed E-state index contributed by atoms with van der Waals surface area (Å²) in [5.41, 5.74) is 0. The van der Waals surface area contributed by atoms with Gasteiger partial charge in [-0.1, -0.05) is 0 Å². The molecule has 2 aromatic rings. The molecule has 1 unspecified atom stereocenters. The second-order valence-electron chi connectivity index (χ2n) is 4.12. The first-order chi connectivity index (χ1) is 8.22. The van der Waals surface area contributed by atoms with Crippen molar-refractivity contribution in [3.05, 3.63) is 16.2 Å². The molecule has 6 heteroatoms. The first-order valence-corrected chi connectivity index (χ1v) is 7.85. The molecule has 0 aliphatic carbocycles. The van der Waals surface area contributed by atoms with Crippen molar-refractivity contribution in [3.63, 3.8) is 0 Å². The summed E-state index contributed by atoms with van der Waals surface area (Å²) in [6.45, 7) is 2.08. The fraction of sp³-hybridized carbons (Fsp3) is 0.455. The summed E-state index contributed by atoms with van der Waals surface area (Å²) in [4.78, 5) is 10.8. The second-order valence-corrected chi connectivity index (χ2v) is 6.84. The second kappa shape index (κ2) is 4.63. The van der Waals surface area contributed by atoms with Gasteiger partial charge in [0.2, 0.25) is 5.28 Å². The SMILES string of the molecule is Cc1cc2c(NC3CCSC3)nc(Cl)nc2s1. The Morgan fingerprint density at radius 1 is 1.47 bits per heavy atom. The van der Waals surface area contributed by atoms with Gasteiger partial charge in [-0.3, -0.25) is 0 Å². The van der Waals surface area contributed by atoms with Gasteiger partial charge in [-0.25, -0.2) is 9.97 Å². The van der Waals surface area contributed by atoms with Crippen molar-refractivity contribution >= 4 is 50.7 Å². The van der Waals surface area contributed by atoms with Crippen LogP contribution in [-0.2, 0) is 0 Å². The molecular formula is C11H12ClN3S2. The van der Waals surface area contributed by atoms with Crippen molar-refractivity contribution in [2.45, 2.75) is 19.4 Å². The maximum absolute atomic E-state index is 5.96. The minimum absolute atomic E-state index is 0.326. The molecule has 2 aromatic heterocycles. The molecule has 3 rings (SSSR count). The number of anilines is 1. The van der Waals surface area contributed by atoms with Crippen LogP contribution in [0.2, 0.25) is 5.28 Å². The number of aryl methyl sites for hydroxylation is 1. The van der Waals surface area contributed by atoms with Crippen molar-refractivity contribution in [3.8, 4) is 0 Å². The van der Waals surface area contributed by atoms with Crippen LogP contribution in [0.1, 0.15) is 11.3 Å². The van der Waals surface area contributed by atoms with Crippen LogP contribution in [0.25, 0.3) is 10.2 Å². The zero-order valence-corrected chi connectivity index (χ0v) is 11.8. The Hall–Kier alpha value is -0.520. The van der Waals surface area contributed by atoms with E-state index in [0.717, 1.165) is 21.8 Å². The molecule has 0 spiro atoms. The van der Waals surface area contributed by atoms with Gasteiger partial charge >= 0.3 is 0 Å². The van der Waals surface area contributed by atoms with Gasteiger partial charge in [-0.15, -0.1) is 11.3 Å². The van der Waals surface area contributed by atoms with E-state index in [2.05, 4.69) is 28.3 Å². The van der Waals surface area contributed by atoms with Crippen molar-refractivity contribution in [2.75, 3.05) is 16.8 Å². The van der Waals surface area contributed by atoms with Crippen molar-refractivity contribution < 1.29 is 0 Å². The van der Waals surface area contributed by atoms with Crippen molar-refractivity contribution in [2.24, 2.45) is 0 Å². The molecule has 0 bridgehead atoms. The van der Waals surface area contributed by atoms with E-state index in [1.54, 1.807) is 11.3 Å². The predicted octanol–water partition coefficient (Wildman–Crippen LogP) is 3.57. The zero-order chi connectivity index (χ0) is 11.8. The number of aromatic nitrogens is 2. The molecule has 0 aromatic carbocycles. The minimum Gasteiger partial charge on any atom is -0.366 e. The number of thioether (sulfide) groups is 1. The molecular weight excluding hydrogens is 274 g/mol. The Balaban J connectivity index is 2.01. The summed E-state index contributed by atoms with van der Waals surface area (Å²) >= 11 is 9.60. The fourth-order valence-corrected chi connectivity index (χ4v) is 4.22. The lowest BCUT2D eigenvalue weighted by molar-refractivity contribution is 0.808. The number of nitrogens with one attached hydrogen (secondary N) is 1. The third-order valence-electron chi connectivity index (χ3n) is 2.76. The highest BCUT2D eigenvalue weighted by Gasteiger charge is 2.18. The lowest BCUT2D eigenvalue weighted by atomic mass is 10.2. The van der Waals surface area contributed by atoms with E-state index in [1.807, 2.05) is 11.8 Å². The Kier molecular flexibility index (Phi) is 3.15. The zero-order valence-electron chi connectivity index (χ0n) is 9.36. The van der Waals surface area contributed by atoms with Crippen molar-refractivity contribution in [1.82, 2.24) is 9.97 Å². The van der Waals surface area contributed by atoms with Gasteiger partial charge < -0.3 is 5.32 Å². The van der Waals surface area contributed by atoms with Crippen LogP contribution in [0.4, 0.5) is 5.82 Å². The van der Waals surface area contributed by atoms with Crippen LogP contribution in [0.3, 0.4) is 0 Å². The van der Waals surface area contributed by atoms with E-state index in [0.29, 0.717) is 11.3 Å². The first kappa shape index (κ1) is 11.6. The minimum atomic E-state index is 0.326. The van der Waals surface area contributed by atoms with Gasteiger partial charge in [-0.05, 0) is 36.8 Å². The molecule has 0 radical (unpaired) electrons. The number of hydrogen-bond acceptors (Lipinski definition) is 5. The number of hydrogen-bond donors (Lipinski definition) is 1. The fourth-order valence-electron chi connectivity index (χ4n) is 1.97. The molecule has 1 N–H and O–H groups in total. The summed E-state index contributed by atoms with van der Waals surface area (Å²) in [6.07, 6.45) is 1.19. The number of fused-ring (bicyclic) bond motifs is 1. The van der Waals surface area contributed by atoms with Crippen molar-refractivity contribution in [1.29, 1.82) is 0 Å². The predicted molar refractivity (Wildman–Crippen MR) is 76.5 cm³/mol. The molecule has 3 heterocycles. The Morgan fingerprint density at radius 3 is 3.12 bits per heavy atom. The molecule has 0 saturated carbocycles. The van der Waals surface area contributed by atoms with E-state index >= 15 is 0 Å². The third-order valence-corrected chi connectivity index (χ3v) is 5.04. The average molecular weight is 286 g/mol. The first-order valence-electron chi connectivity index (χ1n) is 5.50. The van der Waals surface area contributed by atoms with Gasteiger partial charge in [-0.2, -0.15) is 11.8 Å². The summed E-state index contributed by atoms with van der Waals surface area (Å²) < 4.78 is 0. The smallest absolute Gasteiger partial charge is 0.225 e. The molecule has 0 amide bonds. The van der Waals surface area contributed by atoms with Gasteiger partial charge in [0, 0.05) is 16.7 Å². The van der Waals surface area contributed by atoms with Gasteiger partial charge in [0.1, 0.15) is 10.6 Å². The Labute approximate surface area is 113 Å². The van der Waals surface area contributed by atoms with Crippen LogP contribution in [0, 0.1) is 6.92 Å². The average Bonchev–Trinajstić information content (AvgIpc) is 2.86. The maximum atomic E-state index is 5.96. The Bertz CT molecular complexity index is 549. The standard InChI is InChI=1S/C11H12ClN3S2/c1-6-4-8-9(13-7-2-3-16-5-7)14-11(12)15-10(8)17-6/h4,7H,2-3,5H2,1H3,(H,13,14,15). The van der Waals surface area contributed by atoms with E-state index < -0.39 is 0 Å². The van der Waals surface area contributed by atoms with E-state index in [1.165, 1.54) is 17.1 Å². The Morgan fingerprint density at radius 2 is 2.35 bits per heavy atom. The number of rotatable bonds is 2. The number of halogens is 1. The molecule has 1 saturated heterocycles. The van der Waals surface area contributed by atoms with Gasteiger partial charge in [0.15, 0.2) is 0 Å². The summed E-state index contributed by atoms with van der Waals surface area (Å²) in [5, 5.41) is 4.91. The van der Waals surface area contributed by atoms with Gasteiger partial charge in [0.05, 0.1) is 5.39 Å². The van der Waals surface area contributed by atoms with Crippen LogP contribution < -0.4 is 5.32 Å². The van der Waals surface area contributed by atoms with E-state index in [-0.39, 0.29) is 0 Å². The highest BCUT2D eigenvalue weighted by atomic mass is 35.5.